The molecule has 2 heterocycles. The number of carbonyl (C=O) groups is 1. The Bertz CT molecular complexity index is 392. The molecule has 0 unspecified atom stereocenters. The minimum absolute atomic E-state index is 0.143. The number of carbonyl (C=O) groups excluding carboxylic acids is 1. The fourth-order valence-corrected chi connectivity index (χ4v) is 2.38. The smallest absolute Gasteiger partial charge is 0.220 e. The summed E-state index contributed by atoms with van der Waals surface area (Å²) in [4.78, 5) is 19.8. The zero-order chi connectivity index (χ0) is 14.0. The Kier molecular flexibility index (Phi) is 6.23. The van der Waals surface area contributed by atoms with E-state index in [0.29, 0.717) is 25.4 Å². The number of amides is 1. The topological polar surface area (TPSA) is 78.9 Å². The largest absolute Gasteiger partial charge is 0.367 e. The van der Waals surface area contributed by atoms with E-state index in [-0.39, 0.29) is 5.91 Å². The van der Waals surface area contributed by atoms with Crippen LogP contribution in [0.15, 0.2) is 18.6 Å². The molecule has 6 heteroatoms. The highest BCUT2D eigenvalue weighted by atomic mass is 16.1. The zero-order valence-corrected chi connectivity index (χ0v) is 11.8. The van der Waals surface area contributed by atoms with Crippen LogP contribution in [0.3, 0.4) is 0 Å². The number of hydrogen-bond acceptors (Lipinski definition) is 5. The first kappa shape index (κ1) is 14.7. The summed E-state index contributed by atoms with van der Waals surface area (Å²) < 4.78 is 0. The minimum Gasteiger partial charge on any atom is -0.367 e. The van der Waals surface area contributed by atoms with Crippen molar-refractivity contribution in [3.05, 3.63) is 18.6 Å². The van der Waals surface area contributed by atoms with Gasteiger partial charge in [0.15, 0.2) is 0 Å². The molecule has 0 atom stereocenters. The SMILES string of the molecule is O=C(CCC1CCNCC1)NCCNc1cnccn1. The summed E-state index contributed by atoms with van der Waals surface area (Å²) in [7, 11) is 0. The standard InChI is InChI=1S/C14H23N5O/c20-14(2-1-12-3-5-15-6-4-12)19-10-9-18-13-11-16-7-8-17-13/h7-8,11-12,15H,1-6,9-10H2,(H,17,18)(H,19,20). The van der Waals surface area contributed by atoms with E-state index in [1.807, 2.05) is 0 Å². The Labute approximate surface area is 119 Å². The van der Waals surface area contributed by atoms with Crippen molar-refractivity contribution in [3.63, 3.8) is 0 Å². The summed E-state index contributed by atoms with van der Waals surface area (Å²) in [6, 6.07) is 0. The van der Waals surface area contributed by atoms with Gasteiger partial charge in [0.1, 0.15) is 5.82 Å². The summed E-state index contributed by atoms with van der Waals surface area (Å²) in [5.74, 6) is 1.58. The van der Waals surface area contributed by atoms with E-state index in [0.717, 1.165) is 25.3 Å². The third-order valence-electron chi connectivity index (χ3n) is 3.55. The fraction of sp³-hybridized carbons (Fsp3) is 0.643. The van der Waals surface area contributed by atoms with Gasteiger partial charge >= 0.3 is 0 Å². The molecule has 1 aromatic rings. The first-order chi connectivity index (χ1) is 9.84. The molecular weight excluding hydrogens is 254 g/mol. The lowest BCUT2D eigenvalue weighted by Gasteiger charge is -2.22. The molecule has 0 spiro atoms. The highest BCUT2D eigenvalue weighted by Crippen LogP contribution is 2.17. The molecule has 110 valence electrons. The second-order valence-corrected chi connectivity index (χ2v) is 5.10. The summed E-state index contributed by atoms with van der Waals surface area (Å²) in [6.45, 7) is 3.46. The predicted molar refractivity (Wildman–Crippen MR) is 78.4 cm³/mol. The molecule has 1 saturated heterocycles. The third-order valence-corrected chi connectivity index (χ3v) is 3.55. The van der Waals surface area contributed by atoms with E-state index < -0.39 is 0 Å². The Morgan fingerprint density at radius 3 is 2.90 bits per heavy atom. The van der Waals surface area contributed by atoms with Crippen molar-refractivity contribution < 1.29 is 4.79 Å². The van der Waals surface area contributed by atoms with Gasteiger partial charge in [0, 0.05) is 31.9 Å². The molecule has 6 nitrogen and oxygen atoms in total. The quantitative estimate of drug-likeness (QED) is 0.642. The molecule has 0 aromatic carbocycles. The van der Waals surface area contributed by atoms with Crippen molar-refractivity contribution in [2.24, 2.45) is 5.92 Å². The molecular formula is C14H23N5O. The molecule has 20 heavy (non-hydrogen) atoms. The van der Waals surface area contributed by atoms with Crippen LogP contribution in [0.1, 0.15) is 25.7 Å². The van der Waals surface area contributed by atoms with Gasteiger partial charge in [-0.3, -0.25) is 9.78 Å². The van der Waals surface area contributed by atoms with Crippen molar-refractivity contribution in [1.82, 2.24) is 20.6 Å². The minimum atomic E-state index is 0.143. The van der Waals surface area contributed by atoms with Gasteiger partial charge in [0.2, 0.25) is 5.91 Å². The Hall–Kier alpha value is -1.69. The van der Waals surface area contributed by atoms with Crippen LogP contribution in [0, 0.1) is 5.92 Å². The highest BCUT2D eigenvalue weighted by molar-refractivity contribution is 5.75. The molecule has 0 saturated carbocycles. The number of nitrogens with one attached hydrogen (secondary N) is 3. The first-order valence-electron chi connectivity index (χ1n) is 7.32. The Morgan fingerprint density at radius 1 is 1.30 bits per heavy atom. The normalized spacial score (nSPS) is 15.8. The second kappa shape index (κ2) is 8.47. The van der Waals surface area contributed by atoms with Crippen molar-refractivity contribution in [2.45, 2.75) is 25.7 Å². The van der Waals surface area contributed by atoms with Gasteiger partial charge in [-0.1, -0.05) is 0 Å². The van der Waals surface area contributed by atoms with E-state index in [2.05, 4.69) is 25.9 Å². The maximum Gasteiger partial charge on any atom is 0.220 e. The lowest BCUT2D eigenvalue weighted by atomic mass is 9.93. The molecule has 2 rings (SSSR count). The van der Waals surface area contributed by atoms with Gasteiger partial charge in [-0.2, -0.15) is 0 Å². The number of rotatable bonds is 7. The van der Waals surface area contributed by atoms with Crippen molar-refractivity contribution in [3.8, 4) is 0 Å². The van der Waals surface area contributed by atoms with Crippen LogP contribution in [0.25, 0.3) is 0 Å². The molecule has 1 fully saturated rings. The summed E-state index contributed by atoms with van der Waals surface area (Å²) >= 11 is 0. The summed E-state index contributed by atoms with van der Waals surface area (Å²) in [6.07, 6.45) is 8.97. The molecule has 3 N–H and O–H groups in total. The fourth-order valence-electron chi connectivity index (χ4n) is 2.38. The van der Waals surface area contributed by atoms with E-state index in [4.69, 9.17) is 0 Å². The van der Waals surface area contributed by atoms with Crippen molar-refractivity contribution in [1.29, 1.82) is 0 Å². The van der Waals surface area contributed by atoms with Crippen LogP contribution in [0.5, 0.6) is 0 Å². The molecule has 1 amide bonds. The molecule has 0 radical (unpaired) electrons. The van der Waals surface area contributed by atoms with Crippen LogP contribution in [-0.4, -0.2) is 42.1 Å². The average Bonchev–Trinajstić information content (AvgIpc) is 2.52. The summed E-state index contributed by atoms with van der Waals surface area (Å²) in [5.41, 5.74) is 0. The van der Waals surface area contributed by atoms with Crippen LogP contribution >= 0.6 is 0 Å². The predicted octanol–water partition coefficient (Wildman–Crippen LogP) is 0.785. The monoisotopic (exact) mass is 277 g/mol. The van der Waals surface area contributed by atoms with Crippen LogP contribution in [0.4, 0.5) is 5.82 Å². The van der Waals surface area contributed by atoms with Crippen molar-refractivity contribution >= 4 is 11.7 Å². The number of nitrogens with zero attached hydrogens (tertiary/aromatic N) is 2. The molecule has 1 aromatic heterocycles. The van der Waals surface area contributed by atoms with E-state index >= 15 is 0 Å². The van der Waals surface area contributed by atoms with E-state index in [9.17, 15) is 4.79 Å². The molecule has 1 aliphatic heterocycles. The number of aromatic nitrogens is 2. The van der Waals surface area contributed by atoms with E-state index in [1.54, 1.807) is 18.6 Å². The Balaban J connectivity index is 1.51. The van der Waals surface area contributed by atoms with Crippen molar-refractivity contribution in [2.75, 3.05) is 31.5 Å². The van der Waals surface area contributed by atoms with Crippen LogP contribution in [0.2, 0.25) is 0 Å². The summed E-state index contributed by atoms with van der Waals surface area (Å²) in [5, 5.41) is 9.38. The maximum absolute atomic E-state index is 11.7. The van der Waals surface area contributed by atoms with E-state index in [1.165, 1.54) is 12.8 Å². The number of anilines is 1. The third kappa shape index (κ3) is 5.52. The highest BCUT2D eigenvalue weighted by Gasteiger charge is 2.14. The zero-order valence-electron chi connectivity index (χ0n) is 11.8. The van der Waals surface area contributed by atoms with Gasteiger partial charge < -0.3 is 16.0 Å². The lowest BCUT2D eigenvalue weighted by molar-refractivity contribution is -0.121. The lowest BCUT2D eigenvalue weighted by Crippen LogP contribution is -2.31. The van der Waals surface area contributed by atoms with Gasteiger partial charge in [0.25, 0.3) is 0 Å². The Morgan fingerprint density at radius 2 is 2.15 bits per heavy atom. The molecule has 0 aliphatic carbocycles. The van der Waals surface area contributed by atoms with Crippen LogP contribution in [-0.2, 0) is 4.79 Å². The van der Waals surface area contributed by atoms with Gasteiger partial charge in [-0.15, -0.1) is 0 Å². The molecule has 1 aliphatic rings. The number of hydrogen-bond donors (Lipinski definition) is 3. The number of piperidine rings is 1. The van der Waals surface area contributed by atoms with Gasteiger partial charge in [-0.05, 0) is 38.3 Å². The van der Waals surface area contributed by atoms with Gasteiger partial charge in [0.05, 0.1) is 6.20 Å². The van der Waals surface area contributed by atoms with Gasteiger partial charge in [-0.25, -0.2) is 4.98 Å². The first-order valence-corrected chi connectivity index (χ1v) is 7.32. The average molecular weight is 277 g/mol. The maximum atomic E-state index is 11.7. The second-order valence-electron chi connectivity index (χ2n) is 5.10. The van der Waals surface area contributed by atoms with Crippen LogP contribution < -0.4 is 16.0 Å². The molecule has 0 bridgehead atoms.